The lowest BCUT2D eigenvalue weighted by Crippen LogP contribution is -2.50. The van der Waals surface area contributed by atoms with Gasteiger partial charge in [0.1, 0.15) is 5.75 Å². The van der Waals surface area contributed by atoms with Crippen LogP contribution in [0.2, 0.25) is 0 Å². The number of ether oxygens (including phenoxy) is 4. The van der Waals surface area contributed by atoms with E-state index in [1.807, 2.05) is 23.1 Å². The average molecular weight is 441 g/mol. The SMILES string of the molecule is CCC(C)N(CC1CN(Cc2cccc(OC)c2)CCO1)C(=O)c1ccc2c(c1)OCO2. The number of morpholine rings is 1. The lowest BCUT2D eigenvalue weighted by atomic mass is 10.1. The molecule has 0 aromatic heterocycles. The maximum atomic E-state index is 13.4. The molecule has 1 fully saturated rings. The van der Waals surface area contributed by atoms with Gasteiger partial charge < -0.3 is 23.8 Å². The van der Waals surface area contributed by atoms with Crippen molar-refractivity contribution in [1.29, 1.82) is 0 Å². The molecule has 2 aliphatic heterocycles. The maximum Gasteiger partial charge on any atom is 0.254 e. The number of hydrogen-bond acceptors (Lipinski definition) is 6. The van der Waals surface area contributed by atoms with Crippen molar-refractivity contribution in [3.8, 4) is 17.2 Å². The number of methoxy groups -OCH3 is 1. The van der Waals surface area contributed by atoms with E-state index in [2.05, 4.69) is 30.9 Å². The molecule has 7 nitrogen and oxygen atoms in total. The summed E-state index contributed by atoms with van der Waals surface area (Å²) in [6, 6.07) is 13.6. The average Bonchev–Trinajstić information content (AvgIpc) is 3.30. The third-order valence-electron chi connectivity index (χ3n) is 6.17. The van der Waals surface area contributed by atoms with Crippen LogP contribution in [0.3, 0.4) is 0 Å². The van der Waals surface area contributed by atoms with E-state index in [0.717, 1.165) is 31.8 Å². The topological polar surface area (TPSA) is 60.5 Å². The van der Waals surface area contributed by atoms with Gasteiger partial charge in [0.2, 0.25) is 6.79 Å². The van der Waals surface area contributed by atoms with Gasteiger partial charge in [-0.25, -0.2) is 0 Å². The van der Waals surface area contributed by atoms with E-state index in [9.17, 15) is 4.79 Å². The second kappa shape index (κ2) is 10.2. The summed E-state index contributed by atoms with van der Waals surface area (Å²) in [7, 11) is 1.69. The molecule has 7 heteroatoms. The maximum absolute atomic E-state index is 13.4. The Labute approximate surface area is 189 Å². The van der Waals surface area contributed by atoms with Gasteiger partial charge in [-0.05, 0) is 49.2 Å². The Bertz CT molecular complexity index is 934. The quantitative estimate of drug-likeness (QED) is 0.626. The minimum atomic E-state index is -0.0404. The summed E-state index contributed by atoms with van der Waals surface area (Å²) in [4.78, 5) is 17.7. The summed E-state index contributed by atoms with van der Waals surface area (Å²) in [5.74, 6) is 2.16. The van der Waals surface area contributed by atoms with Crippen LogP contribution >= 0.6 is 0 Å². The molecule has 2 aliphatic rings. The Morgan fingerprint density at radius 1 is 1.22 bits per heavy atom. The van der Waals surface area contributed by atoms with Gasteiger partial charge in [-0.1, -0.05) is 19.1 Å². The van der Waals surface area contributed by atoms with E-state index in [1.54, 1.807) is 19.2 Å². The van der Waals surface area contributed by atoms with Gasteiger partial charge in [0.25, 0.3) is 5.91 Å². The van der Waals surface area contributed by atoms with E-state index in [-0.39, 0.29) is 24.8 Å². The number of carbonyl (C=O) groups excluding carboxylic acids is 1. The van der Waals surface area contributed by atoms with E-state index < -0.39 is 0 Å². The smallest absolute Gasteiger partial charge is 0.254 e. The zero-order chi connectivity index (χ0) is 22.5. The first-order valence-corrected chi connectivity index (χ1v) is 11.2. The molecular formula is C25H32N2O5. The van der Waals surface area contributed by atoms with Crippen LogP contribution in [0.4, 0.5) is 0 Å². The van der Waals surface area contributed by atoms with Crippen LogP contribution in [0.5, 0.6) is 17.2 Å². The van der Waals surface area contributed by atoms with Gasteiger partial charge in [0.05, 0.1) is 19.8 Å². The fourth-order valence-corrected chi connectivity index (χ4v) is 4.16. The highest BCUT2D eigenvalue weighted by atomic mass is 16.7. The normalized spacial score (nSPS) is 18.9. The summed E-state index contributed by atoms with van der Waals surface area (Å²) < 4.78 is 22.3. The molecule has 2 atom stereocenters. The second-order valence-corrected chi connectivity index (χ2v) is 8.36. The van der Waals surface area contributed by atoms with Crippen molar-refractivity contribution in [1.82, 2.24) is 9.80 Å². The predicted molar refractivity (Wildman–Crippen MR) is 121 cm³/mol. The van der Waals surface area contributed by atoms with E-state index >= 15 is 0 Å². The number of hydrogen-bond donors (Lipinski definition) is 0. The number of benzene rings is 2. The molecule has 172 valence electrons. The molecular weight excluding hydrogens is 408 g/mol. The molecule has 0 N–H and O–H groups in total. The Morgan fingerprint density at radius 3 is 2.88 bits per heavy atom. The Kier molecular flexibility index (Phi) is 7.17. The van der Waals surface area contributed by atoms with Gasteiger partial charge in [0, 0.05) is 37.8 Å². The summed E-state index contributed by atoms with van der Waals surface area (Å²) >= 11 is 0. The fourth-order valence-electron chi connectivity index (χ4n) is 4.16. The zero-order valence-electron chi connectivity index (χ0n) is 19.1. The number of carbonyl (C=O) groups is 1. The zero-order valence-corrected chi connectivity index (χ0v) is 19.1. The minimum absolute atomic E-state index is 0.00818. The summed E-state index contributed by atoms with van der Waals surface area (Å²) in [6.07, 6.45) is 0.831. The van der Waals surface area contributed by atoms with Crippen LogP contribution in [-0.2, 0) is 11.3 Å². The third kappa shape index (κ3) is 5.16. The standard InChI is InChI=1S/C25H32N2O5/c1-4-18(2)27(25(28)20-8-9-23-24(13-20)32-17-31-23)16-22-15-26(10-11-30-22)14-19-6-5-7-21(12-19)29-3/h5-9,12-13,18,22H,4,10-11,14-17H2,1-3H3. The number of amides is 1. The first kappa shape index (κ1) is 22.4. The van der Waals surface area contributed by atoms with Crippen LogP contribution in [0.1, 0.15) is 36.2 Å². The third-order valence-corrected chi connectivity index (χ3v) is 6.17. The van der Waals surface area contributed by atoms with Gasteiger partial charge in [-0.2, -0.15) is 0 Å². The summed E-state index contributed by atoms with van der Waals surface area (Å²) in [6.45, 7) is 8.06. The highest BCUT2D eigenvalue weighted by molar-refractivity contribution is 5.95. The lowest BCUT2D eigenvalue weighted by Gasteiger charge is -2.37. The number of nitrogens with zero attached hydrogens (tertiary/aromatic N) is 2. The van der Waals surface area contributed by atoms with Crippen LogP contribution < -0.4 is 14.2 Å². The molecule has 2 aromatic rings. The van der Waals surface area contributed by atoms with Gasteiger partial charge >= 0.3 is 0 Å². The largest absolute Gasteiger partial charge is 0.497 e. The summed E-state index contributed by atoms with van der Waals surface area (Å²) in [5, 5.41) is 0. The predicted octanol–water partition coefficient (Wildman–Crippen LogP) is 3.57. The van der Waals surface area contributed by atoms with Crippen molar-refractivity contribution in [3.05, 3.63) is 53.6 Å². The van der Waals surface area contributed by atoms with E-state index in [0.29, 0.717) is 30.2 Å². The van der Waals surface area contributed by atoms with Crippen molar-refractivity contribution in [2.24, 2.45) is 0 Å². The Balaban J connectivity index is 1.43. The Hall–Kier alpha value is -2.77. The second-order valence-electron chi connectivity index (χ2n) is 8.36. The van der Waals surface area contributed by atoms with Crippen molar-refractivity contribution >= 4 is 5.91 Å². The monoisotopic (exact) mass is 440 g/mol. The first-order valence-electron chi connectivity index (χ1n) is 11.2. The molecule has 0 saturated carbocycles. The number of fused-ring (bicyclic) bond motifs is 1. The van der Waals surface area contributed by atoms with Crippen molar-refractivity contribution in [2.75, 3.05) is 40.1 Å². The van der Waals surface area contributed by atoms with E-state index in [1.165, 1.54) is 5.56 Å². The molecule has 2 heterocycles. The molecule has 0 radical (unpaired) electrons. The fraction of sp³-hybridized carbons (Fsp3) is 0.480. The van der Waals surface area contributed by atoms with Gasteiger partial charge in [0.15, 0.2) is 11.5 Å². The van der Waals surface area contributed by atoms with Crippen LogP contribution in [0.25, 0.3) is 0 Å². The molecule has 0 spiro atoms. The van der Waals surface area contributed by atoms with Gasteiger partial charge in [-0.3, -0.25) is 9.69 Å². The van der Waals surface area contributed by atoms with Crippen LogP contribution in [0, 0.1) is 0 Å². The molecule has 4 rings (SSSR count). The van der Waals surface area contributed by atoms with Crippen molar-refractivity contribution in [3.63, 3.8) is 0 Å². The lowest BCUT2D eigenvalue weighted by molar-refractivity contribution is -0.0465. The highest BCUT2D eigenvalue weighted by Gasteiger charge is 2.29. The molecule has 0 aliphatic carbocycles. The van der Waals surface area contributed by atoms with Crippen LogP contribution in [0.15, 0.2) is 42.5 Å². The van der Waals surface area contributed by atoms with Crippen LogP contribution in [-0.4, -0.2) is 68.0 Å². The Morgan fingerprint density at radius 2 is 2.06 bits per heavy atom. The number of rotatable bonds is 8. The minimum Gasteiger partial charge on any atom is -0.497 e. The van der Waals surface area contributed by atoms with E-state index in [4.69, 9.17) is 18.9 Å². The van der Waals surface area contributed by atoms with Gasteiger partial charge in [-0.15, -0.1) is 0 Å². The molecule has 1 amide bonds. The molecule has 2 unspecified atom stereocenters. The summed E-state index contributed by atoms with van der Waals surface area (Å²) in [5.41, 5.74) is 1.82. The first-order chi connectivity index (χ1) is 15.6. The molecule has 32 heavy (non-hydrogen) atoms. The molecule has 2 aromatic carbocycles. The van der Waals surface area contributed by atoms with Crippen molar-refractivity contribution in [2.45, 2.75) is 39.0 Å². The highest BCUT2D eigenvalue weighted by Crippen LogP contribution is 2.33. The van der Waals surface area contributed by atoms with Crippen molar-refractivity contribution < 1.29 is 23.7 Å². The molecule has 0 bridgehead atoms. The molecule has 1 saturated heterocycles.